The summed E-state index contributed by atoms with van der Waals surface area (Å²) in [5, 5.41) is 2.15. The summed E-state index contributed by atoms with van der Waals surface area (Å²) < 4.78 is 2.30. The number of aryl methyl sites for hydroxylation is 6. The van der Waals surface area contributed by atoms with Gasteiger partial charge in [-0.25, -0.2) is 4.90 Å². The molecule has 2 heterocycles. The summed E-state index contributed by atoms with van der Waals surface area (Å²) >= 11 is 0. The van der Waals surface area contributed by atoms with E-state index in [1.807, 2.05) is 72.8 Å². The highest BCUT2D eigenvalue weighted by atomic mass is 16.2. The van der Waals surface area contributed by atoms with Crippen LogP contribution in [0, 0.1) is 41.5 Å². The molecule has 0 N–H and O–H groups in total. The molecule has 4 heteroatoms. The number of para-hydroxylation sites is 2. The number of anilines is 1. The van der Waals surface area contributed by atoms with Crippen molar-refractivity contribution in [2.75, 3.05) is 4.90 Å². The molecular formula is C62H48N2O2. The number of benzene rings is 9. The first-order valence-corrected chi connectivity index (χ1v) is 22.7. The van der Waals surface area contributed by atoms with Gasteiger partial charge in [-0.3, -0.25) is 9.59 Å². The van der Waals surface area contributed by atoms with Crippen molar-refractivity contribution in [2.24, 2.45) is 0 Å². The van der Waals surface area contributed by atoms with Crippen molar-refractivity contribution in [2.45, 2.75) is 41.5 Å². The Morgan fingerprint density at radius 2 is 0.742 bits per heavy atom. The van der Waals surface area contributed by atoms with Crippen molar-refractivity contribution >= 4 is 39.3 Å². The average Bonchev–Trinajstić information content (AvgIpc) is 3.80. The van der Waals surface area contributed by atoms with Crippen LogP contribution in [0.2, 0.25) is 0 Å². The minimum absolute atomic E-state index is 0.352. The molecule has 4 nitrogen and oxygen atoms in total. The third-order valence-corrected chi connectivity index (χ3v) is 13.4. The van der Waals surface area contributed by atoms with Gasteiger partial charge in [-0.2, -0.15) is 0 Å². The fourth-order valence-electron chi connectivity index (χ4n) is 11.0. The third-order valence-electron chi connectivity index (χ3n) is 13.4. The number of nitrogens with zero attached hydrogens (tertiary/aromatic N) is 2. The van der Waals surface area contributed by atoms with Crippen LogP contribution in [0.4, 0.5) is 5.69 Å². The summed E-state index contributed by atoms with van der Waals surface area (Å²) in [5.41, 5.74) is 21.0. The first-order chi connectivity index (χ1) is 32.1. The number of hydrogen-bond acceptors (Lipinski definition) is 2. The molecule has 0 atom stereocenters. The molecule has 0 bridgehead atoms. The van der Waals surface area contributed by atoms with Gasteiger partial charge in [0.05, 0.1) is 33.5 Å². The number of rotatable bonds is 7. The Kier molecular flexibility index (Phi) is 9.78. The van der Waals surface area contributed by atoms with Gasteiger partial charge in [0.2, 0.25) is 0 Å². The van der Waals surface area contributed by atoms with E-state index in [0.717, 1.165) is 77.4 Å². The van der Waals surface area contributed by atoms with Crippen molar-refractivity contribution in [3.8, 4) is 61.3 Å². The normalized spacial score (nSPS) is 12.4. The van der Waals surface area contributed by atoms with Crippen molar-refractivity contribution in [3.05, 3.63) is 226 Å². The number of imide groups is 1. The number of fused-ring (bicyclic) bond motifs is 4. The maximum absolute atomic E-state index is 16.0. The number of carbonyl (C=O) groups excluding carboxylic acids is 2. The van der Waals surface area contributed by atoms with Crippen LogP contribution in [0.15, 0.2) is 182 Å². The minimum Gasteiger partial charge on any atom is -0.307 e. The maximum Gasteiger partial charge on any atom is 0.268 e. The van der Waals surface area contributed by atoms with E-state index in [4.69, 9.17) is 0 Å². The molecule has 0 radical (unpaired) electrons. The van der Waals surface area contributed by atoms with Crippen molar-refractivity contribution in [1.29, 1.82) is 0 Å². The first kappa shape index (κ1) is 40.7. The molecule has 0 aliphatic carbocycles. The Hall–Kier alpha value is -8.08. The molecule has 0 spiro atoms. The van der Waals surface area contributed by atoms with Crippen LogP contribution >= 0.6 is 0 Å². The van der Waals surface area contributed by atoms with Crippen molar-refractivity contribution in [3.63, 3.8) is 0 Å². The predicted octanol–water partition coefficient (Wildman–Crippen LogP) is 15.8. The van der Waals surface area contributed by atoms with Gasteiger partial charge < -0.3 is 4.57 Å². The van der Waals surface area contributed by atoms with Gasteiger partial charge in [-0.05, 0) is 121 Å². The van der Waals surface area contributed by atoms with Crippen LogP contribution in [0.1, 0.15) is 54.1 Å². The smallest absolute Gasteiger partial charge is 0.268 e. The zero-order chi connectivity index (χ0) is 45.4. The predicted molar refractivity (Wildman–Crippen MR) is 274 cm³/mol. The largest absolute Gasteiger partial charge is 0.307 e. The van der Waals surface area contributed by atoms with E-state index in [2.05, 4.69) is 155 Å². The number of carbonyl (C=O) groups is 2. The molecule has 66 heavy (non-hydrogen) atoms. The molecule has 0 saturated heterocycles. The third kappa shape index (κ3) is 6.43. The van der Waals surface area contributed by atoms with Crippen molar-refractivity contribution < 1.29 is 9.59 Å². The zero-order valence-corrected chi connectivity index (χ0v) is 38.0. The lowest BCUT2D eigenvalue weighted by Crippen LogP contribution is -2.30. The van der Waals surface area contributed by atoms with E-state index in [1.165, 1.54) is 38.3 Å². The second kappa shape index (κ2) is 15.9. The molecule has 0 saturated carbocycles. The summed E-state index contributed by atoms with van der Waals surface area (Å²) in [6, 6.07) is 62.6. The van der Waals surface area contributed by atoms with Crippen molar-refractivity contribution in [1.82, 2.24) is 4.57 Å². The summed E-state index contributed by atoms with van der Waals surface area (Å²) in [7, 11) is 0. The summed E-state index contributed by atoms with van der Waals surface area (Å²) in [4.78, 5) is 33.0. The lowest BCUT2D eigenvalue weighted by atomic mass is 9.90. The van der Waals surface area contributed by atoms with Crippen LogP contribution in [0.3, 0.4) is 0 Å². The number of hydrogen-bond donors (Lipinski definition) is 0. The quantitative estimate of drug-likeness (QED) is 0.150. The molecule has 1 aliphatic rings. The van der Waals surface area contributed by atoms with Gasteiger partial charge in [0.15, 0.2) is 0 Å². The second-order valence-electron chi connectivity index (χ2n) is 17.9. The molecule has 318 valence electrons. The minimum atomic E-state index is -0.359. The SMILES string of the molecule is Cc1cc(C)c(-c2cccc3c4cccc(-c5c(C)cc(C)cc5C)c4n(-c4cccc5c4C(=O)N(c4c(-c6ccccc6)cc(-c6ccccc6)cc4-c4ccccc4)C5=O)c23)c(C)c1. The van der Waals surface area contributed by atoms with Crippen LogP contribution in [0.25, 0.3) is 83.1 Å². The molecule has 0 unspecified atom stereocenters. The number of aromatic nitrogens is 1. The van der Waals surface area contributed by atoms with E-state index >= 15 is 9.59 Å². The molecular weight excluding hydrogens is 805 g/mol. The Bertz CT molecular complexity index is 3400. The Morgan fingerprint density at radius 3 is 1.20 bits per heavy atom. The van der Waals surface area contributed by atoms with E-state index in [9.17, 15) is 0 Å². The van der Waals surface area contributed by atoms with Crippen LogP contribution in [-0.2, 0) is 0 Å². The van der Waals surface area contributed by atoms with E-state index in [0.29, 0.717) is 22.5 Å². The van der Waals surface area contributed by atoms with Crippen LogP contribution in [0.5, 0.6) is 0 Å². The Morgan fingerprint density at radius 1 is 0.333 bits per heavy atom. The monoisotopic (exact) mass is 852 g/mol. The van der Waals surface area contributed by atoms with Gasteiger partial charge in [-0.15, -0.1) is 0 Å². The highest BCUT2D eigenvalue weighted by molar-refractivity contribution is 6.37. The molecule has 9 aromatic carbocycles. The van der Waals surface area contributed by atoms with Crippen LogP contribution < -0.4 is 4.90 Å². The fourth-order valence-corrected chi connectivity index (χ4v) is 11.0. The highest BCUT2D eigenvalue weighted by Gasteiger charge is 2.42. The molecule has 1 aromatic heterocycles. The molecule has 11 rings (SSSR count). The molecule has 1 aliphatic heterocycles. The van der Waals surface area contributed by atoms with Gasteiger partial charge in [0, 0.05) is 33.0 Å². The fraction of sp³-hybridized carbons (Fsp3) is 0.0968. The maximum atomic E-state index is 16.0. The highest BCUT2D eigenvalue weighted by Crippen LogP contribution is 2.49. The molecule has 0 fully saturated rings. The molecule has 10 aromatic rings. The van der Waals surface area contributed by atoms with E-state index < -0.39 is 0 Å². The van der Waals surface area contributed by atoms with Gasteiger partial charge in [0.1, 0.15) is 0 Å². The summed E-state index contributed by atoms with van der Waals surface area (Å²) in [5.74, 6) is -0.710. The second-order valence-corrected chi connectivity index (χ2v) is 17.9. The van der Waals surface area contributed by atoms with E-state index in [-0.39, 0.29) is 11.8 Å². The Labute approximate surface area is 386 Å². The Balaban J connectivity index is 1.24. The topological polar surface area (TPSA) is 42.3 Å². The summed E-state index contributed by atoms with van der Waals surface area (Å²) in [6.07, 6.45) is 0. The first-order valence-electron chi connectivity index (χ1n) is 22.7. The number of amides is 2. The average molecular weight is 853 g/mol. The lowest BCUT2D eigenvalue weighted by molar-refractivity contribution is 0.0926. The molecule has 2 amide bonds. The van der Waals surface area contributed by atoms with Gasteiger partial charge >= 0.3 is 0 Å². The van der Waals surface area contributed by atoms with Gasteiger partial charge in [-0.1, -0.05) is 169 Å². The van der Waals surface area contributed by atoms with E-state index in [1.54, 1.807) is 0 Å². The lowest BCUT2D eigenvalue weighted by Gasteiger charge is -2.24. The van der Waals surface area contributed by atoms with Gasteiger partial charge in [0.25, 0.3) is 11.8 Å². The summed E-state index contributed by atoms with van der Waals surface area (Å²) in [6.45, 7) is 13.0. The standard InChI is InChI=1S/C62H48N2O2/c1-37-31-39(3)55(40(4)32-37)49-27-16-25-47-48-26-17-28-50(56-41(5)33-38(2)34-42(56)6)59(48)63(58(47)49)54-30-18-29-51-57(54)62(66)64(61(51)65)60-52(44-21-12-8-13-22-44)35-46(43-19-10-7-11-20-43)36-53(60)45-23-14-9-15-24-45/h7-36H,1-6H3. The van der Waals surface area contributed by atoms with Crippen LogP contribution in [-0.4, -0.2) is 16.4 Å². The zero-order valence-electron chi connectivity index (χ0n) is 38.0.